The van der Waals surface area contributed by atoms with E-state index in [0.29, 0.717) is 12.5 Å². The molecule has 2 aromatic rings. The first-order chi connectivity index (χ1) is 9.99. The molecule has 0 aliphatic carbocycles. The van der Waals surface area contributed by atoms with E-state index in [2.05, 4.69) is 23.6 Å². The van der Waals surface area contributed by atoms with Crippen LogP contribution in [0.15, 0.2) is 24.3 Å². The van der Waals surface area contributed by atoms with Gasteiger partial charge in [0.2, 0.25) is 0 Å². The summed E-state index contributed by atoms with van der Waals surface area (Å²) >= 11 is 0. The van der Waals surface area contributed by atoms with Gasteiger partial charge in [0.25, 0.3) is 0 Å². The van der Waals surface area contributed by atoms with Gasteiger partial charge in [-0.1, -0.05) is 13.8 Å². The Bertz CT molecular complexity index is 650. The molecule has 0 radical (unpaired) electrons. The van der Waals surface area contributed by atoms with E-state index >= 15 is 0 Å². The molecule has 0 amide bonds. The molecule has 0 N–H and O–H groups in total. The molecule has 0 bridgehead atoms. The van der Waals surface area contributed by atoms with Crippen molar-refractivity contribution in [3.05, 3.63) is 35.5 Å². The molecule has 0 saturated carbocycles. The fourth-order valence-corrected chi connectivity index (χ4v) is 2.11. The van der Waals surface area contributed by atoms with Crippen molar-refractivity contribution in [2.45, 2.75) is 27.2 Å². The number of rotatable bonds is 5. The summed E-state index contributed by atoms with van der Waals surface area (Å²) in [7, 11) is 1.38. The minimum atomic E-state index is -0.280. The van der Waals surface area contributed by atoms with Crippen molar-refractivity contribution in [1.82, 2.24) is 4.98 Å². The van der Waals surface area contributed by atoms with Crippen LogP contribution < -0.4 is 4.74 Å². The lowest BCUT2D eigenvalue weighted by Gasteiger charge is -2.11. The van der Waals surface area contributed by atoms with Gasteiger partial charge in [0.05, 0.1) is 31.3 Å². The second-order valence-electron chi connectivity index (χ2n) is 5.57. The molecular weight excluding hydrogens is 266 g/mol. The van der Waals surface area contributed by atoms with Gasteiger partial charge in [-0.3, -0.25) is 9.78 Å². The summed E-state index contributed by atoms with van der Waals surface area (Å²) < 4.78 is 10.4. The average Bonchev–Trinajstić information content (AvgIpc) is 2.45. The lowest BCUT2D eigenvalue weighted by atomic mass is 10.1. The number of benzene rings is 1. The number of hydrogen-bond donors (Lipinski definition) is 0. The quantitative estimate of drug-likeness (QED) is 0.792. The van der Waals surface area contributed by atoms with E-state index in [1.807, 2.05) is 31.2 Å². The van der Waals surface area contributed by atoms with Crippen molar-refractivity contribution in [1.29, 1.82) is 0 Å². The fraction of sp³-hybridized carbons (Fsp3) is 0.412. The highest BCUT2D eigenvalue weighted by molar-refractivity contribution is 5.84. The molecule has 0 unspecified atom stereocenters. The second-order valence-corrected chi connectivity index (χ2v) is 5.57. The molecule has 0 fully saturated rings. The van der Waals surface area contributed by atoms with Gasteiger partial charge in [0, 0.05) is 5.39 Å². The Balaban J connectivity index is 2.30. The Morgan fingerprint density at radius 1 is 1.29 bits per heavy atom. The van der Waals surface area contributed by atoms with Crippen LogP contribution in [0.2, 0.25) is 0 Å². The number of esters is 1. The highest BCUT2D eigenvalue weighted by Gasteiger charge is 2.09. The molecular formula is C17H21NO3. The molecule has 2 rings (SSSR count). The zero-order chi connectivity index (χ0) is 15.4. The predicted molar refractivity (Wildman–Crippen MR) is 82.5 cm³/mol. The first-order valence-corrected chi connectivity index (χ1v) is 7.09. The number of ether oxygens (including phenoxy) is 2. The average molecular weight is 287 g/mol. The number of nitrogens with zero attached hydrogens (tertiary/aromatic N) is 1. The van der Waals surface area contributed by atoms with E-state index in [4.69, 9.17) is 4.74 Å². The molecule has 0 spiro atoms. The van der Waals surface area contributed by atoms with Gasteiger partial charge in [-0.15, -0.1) is 0 Å². The van der Waals surface area contributed by atoms with Gasteiger partial charge < -0.3 is 9.47 Å². The smallest absolute Gasteiger partial charge is 0.311 e. The normalized spacial score (nSPS) is 10.9. The fourth-order valence-electron chi connectivity index (χ4n) is 2.11. The van der Waals surface area contributed by atoms with Crippen molar-refractivity contribution in [3.63, 3.8) is 0 Å². The second kappa shape index (κ2) is 6.57. The molecule has 4 nitrogen and oxygen atoms in total. The van der Waals surface area contributed by atoms with Gasteiger partial charge in [-0.2, -0.15) is 0 Å². The van der Waals surface area contributed by atoms with Crippen molar-refractivity contribution >= 4 is 16.9 Å². The Hall–Kier alpha value is -2.10. The number of carbonyl (C=O) groups excluding carboxylic acids is 1. The van der Waals surface area contributed by atoms with Crippen molar-refractivity contribution in [3.8, 4) is 5.75 Å². The standard InChI is InChI=1S/C17H21NO3/c1-11(2)10-21-14-5-6-16-15(9-14)12(3)7-13(18-16)8-17(19)20-4/h5-7,9,11H,8,10H2,1-4H3. The number of aromatic nitrogens is 1. The molecule has 1 aromatic carbocycles. The van der Waals surface area contributed by atoms with Crippen LogP contribution in [0.5, 0.6) is 5.75 Å². The van der Waals surface area contributed by atoms with E-state index in [0.717, 1.165) is 27.9 Å². The van der Waals surface area contributed by atoms with Crippen LogP contribution in [0.1, 0.15) is 25.1 Å². The summed E-state index contributed by atoms with van der Waals surface area (Å²) in [6, 6.07) is 7.77. The van der Waals surface area contributed by atoms with E-state index < -0.39 is 0 Å². The number of aryl methyl sites for hydroxylation is 1. The Morgan fingerprint density at radius 2 is 2.05 bits per heavy atom. The first-order valence-electron chi connectivity index (χ1n) is 7.09. The lowest BCUT2D eigenvalue weighted by Crippen LogP contribution is -2.07. The highest BCUT2D eigenvalue weighted by Crippen LogP contribution is 2.24. The summed E-state index contributed by atoms with van der Waals surface area (Å²) in [5.41, 5.74) is 2.67. The topological polar surface area (TPSA) is 48.4 Å². The zero-order valence-electron chi connectivity index (χ0n) is 13.0. The summed E-state index contributed by atoms with van der Waals surface area (Å²) in [5.74, 6) is 1.06. The number of pyridine rings is 1. The van der Waals surface area contributed by atoms with Gasteiger partial charge in [-0.05, 0) is 42.7 Å². The Labute approximate surface area is 125 Å². The third-order valence-electron chi connectivity index (χ3n) is 3.18. The monoisotopic (exact) mass is 287 g/mol. The number of carbonyl (C=O) groups is 1. The summed E-state index contributed by atoms with van der Waals surface area (Å²) in [4.78, 5) is 15.9. The largest absolute Gasteiger partial charge is 0.493 e. The van der Waals surface area contributed by atoms with Crippen LogP contribution in [0.25, 0.3) is 10.9 Å². The highest BCUT2D eigenvalue weighted by atomic mass is 16.5. The first kappa shape index (κ1) is 15.3. The predicted octanol–water partition coefficient (Wildman–Crippen LogP) is 3.29. The van der Waals surface area contributed by atoms with E-state index in [1.165, 1.54) is 7.11 Å². The van der Waals surface area contributed by atoms with Gasteiger partial charge in [0.15, 0.2) is 0 Å². The maximum atomic E-state index is 11.3. The molecule has 0 atom stereocenters. The molecule has 112 valence electrons. The SMILES string of the molecule is COC(=O)Cc1cc(C)c2cc(OCC(C)C)ccc2n1. The van der Waals surface area contributed by atoms with E-state index in [9.17, 15) is 4.79 Å². The van der Waals surface area contributed by atoms with Crippen LogP contribution in [0, 0.1) is 12.8 Å². The Morgan fingerprint density at radius 3 is 2.71 bits per heavy atom. The van der Waals surface area contributed by atoms with Crippen molar-refractivity contribution in [2.75, 3.05) is 13.7 Å². The van der Waals surface area contributed by atoms with Crippen molar-refractivity contribution < 1.29 is 14.3 Å². The maximum Gasteiger partial charge on any atom is 0.311 e. The molecule has 1 aromatic heterocycles. The van der Waals surface area contributed by atoms with E-state index in [-0.39, 0.29) is 12.4 Å². The minimum absolute atomic E-state index is 0.193. The molecule has 1 heterocycles. The third kappa shape index (κ3) is 3.94. The van der Waals surface area contributed by atoms with Crippen LogP contribution in [-0.2, 0) is 16.0 Å². The third-order valence-corrected chi connectivity index (χ3v) is 3.18. The number of hydrogen-bond acceptors (Lipinski definition) is 4. The summed E-state index contributed by atoms with van der Waals surface area (Å²) in [6.45, 7) is 6.94. The Kier molecular flexibility index (Phi) is 4.78. The van der Waals surface area contributed by atoms with Gasteiger partial charge >= 0.3 is 5.97 Å². The van der Waals surface area contributed by atoms with Gasteiger partial charge in [0.1, 0.15) is 5.75 Å². The lowest BCUT2D eigenvalue weighted by molar-refractivity contribution is -0.139. The molecule has 21 heavy (non-hydrogen) atoms. The number of methoxy groups -OCH3 is 1. The van der Waals surface area contributed by atoms with E-state index in [1.54, 1.807) is 0 Å². The molecule has 0 aliphatic heterocycles. The van der Waals surface area contributed by atoms with Crippen LogP contribution in [0.4, 0.5) is 0 Å². The molecule has 0 saturated heterocycles. The number of fused-ring (bicyclic) bond motifs is 1. The van der Waals surface area contributed by atoms with Crippen molar-refractivity contribution in [2.24, 2.45) is 5.92 Å². The summed E-state index contributed by atoms with van der Waals surface area (Å²) in [5, 5.41) is 1.05. The van der Waals surface area contributed by atoms with Crippen LogP contribution in [0.3, 0.4) is 0 Å². The van der Waals surface area contributed by atoms with Crippen LogP contribution in [-0.4, -0.2) is 24.7 Å². The summed E-state index contributed by atoms with van der Waals surface area (Å²) in [6.07, 6.45) is 0.193. The zero-order valence-corrected chi connectivity index (χ0v) is 13.0. The van der Waals surface area contributed by atoms with Crippen LogP contribution >= 0.6 is 0 Å². The minimum Gasteiger partial charge on any atom is -0.493 e. The maximum absolute atomic E-state index is 11.3. The molecule has 4 heteroatoms. The molecule has 0 aliphatic rings. The van der Waals surface area contributed by atoms with Gasteiger partial charge in [-0.25, -0.2) is 0 Å².